The van der Waals surface area contributed by atoms with E-state index in [0.29, 0.717) is 36.1 Å². The molecule has 12 heteroatoms. The minimum Gasteiger partial charge on any atom is -0.507 e. The summed E-state index contributed by atoms with van der Waals surface area (Å²) < 4.78 is 68.9. The molecule has 1 aliphatic rings. The number of aryl methyl sites for hydroxylation is 1. The summed E-state index contributed by atoms with van der Waals surface area (Å²) in [5, 5.41) is 11.3. The van der Waals surface area contributed by atoms with Crippen LogP contribution in [0.1, 0.15) is 45.2 Å². The Morgan fingerprint density at radius 1 is 1.08 bits per heavy atom. The van der Waals surface area contributed by atoms with Crippen molar-refractivity contribution < 1.29 is 39.5 Å². The first kappa shape index (κ1) is 28.5. The van der Waals surface area contributed by atoms with Crippen LogP contribution in [0.3, 0.4) is 0 Å². The van der Waals surface area contributed by atoms with Gasteiger partial charge >= 0.3 is 20.2 Å². The topological polar surface area (TPSA) is 146 Å². The number of phenolic OH excluding ortho intramolecular Hbond substituents is 1. The van der Waals surface area contributed by atoms with Crippen molar-refractivity contribution in [3.8, 4) is 34.1 Å². The summed E-state index contributed by atoms with van der Waals surface area (Å²) in [6, 6.07) is 3.69. The van der Waals surface area contributed by atoms with Crippen molar-refractivity contribution in [3.63, 3.8) is 0 Å². The summed E-state index contributed by atoms with van der Waals surface area (Å²) in [6.45, 7) is 7.76. The van der Waals surface area contributed by atoms with Gasteiger partial charge in [0.25, 0.3) is 0 Å². The molecular weight excluding hydrogens is 548 g/mol. The molecule has 0 bridgehead atoms. The van der Waals surface area contributed by atoms with Gasteiger partial charge in [0.2, 0.25) is 5.43 Å². The highest BCUT2D eigenvalue weighted by atomic mass is 32.2. The molecule has 0 saturated carbocycles. The molecule has 1 aromatic heterocycles. The minimum absolute atomic E-state index is 0.00720. The fourth-order valence-corrected chi connectivity index (χ4v) is 5.30. The first-order chi connectivity index (χ1) is 18.0. The fourth-order valence-electron chi connectivity index (χ4n) is 4.38. The Hall–Kier alpha value is -3.51. The molecule has 0 amide bonds. The van der Waals surface area contributed by atoms with Crippen LogP contribution in [0.2, 0.25) is 0 Å². The molecule has 0 atom stereocenters. The van der Waals surface area contributed by atoms with Crippen molar-refractivity contribution >= 4 is 31.2 Å². The van der Waals surface area contributed by atoms with Crippen LogP contribution < -0.4 is 18.5 Å². The fraction of sp³-hybridized carbons (Fsp3) is 0.370. The average Bonchev–Trinajstić information content (AvgIpc) is 2.77. The van der Waals surface area contributed by atoms with E-state index in [1.165, 1.54) is 18.4 Å². The van der Waals surface area contributed by atoms with E-state index >= 15 is 0 Å². The third kappa shape index (κ3) is 6.22. The molecular formula is C27H30O10S2. The highest BCUT2D eigenvalue weighted by Crippen LogP contribution is 2.46. The number of hydrogen-bond donors (Lipinski definition) is 1. The summed E-state index contributed by atoms with van der Waals surface area (Å²) in [4.78, 5) is 13.8. The Balaban J connectivity index is 1.97. The summed E-state index contributed by atoms with van der Waals surface area (Å²) in [5.41, 5.74) is 1.49. The molecule has 2 heterocycles. The Morgan fingerprint density at radius 3 is 2.33 bits per heavy atom. The van der Waals surface area contributed by atoms with Crippen LogP contribution in [0.15, 0.2) is 45.3 Å². The number of fused-ring (bicyclic) bond motifs is 3. The number of aromatic hydroxyl groups is 1. The van der Waals surface area contributed by atoms with E-state index in [-0.39, 0.29) is 33.6 Å². The third-order valence-electron chi connectivity index (χ3n) is 6.15. The van der Waals surface area contributed by atoms with Crippen molar-refractivity contribution in [2.75, 3.05) is 12.5 Å². The highest BCUT2D eigenvalue weighted by Gasteiger charge is 2.33. The van der Waals surface area contributed by atoms with E-state index in [0.717, 1.165) is 24.2 Å². The summed E-state index contributed by atoms with van der Waals surface area (Å²) in [7, 11) is -8.09. The second-order valence-electron chi connectivity index (χ2n) is 10.4. The lowest BCUT2D eigenvalue weighted by Gasteiger charge is -2.34. The summed E-state index contributed by atoms with van der Waals surface area (Å²) in [6.07, 6.45) is 6.27. The Bertz CT molecular complexity index is 1780. The lowest BCUT2D eigenvalue weighted by Crippen LogP contribution is -2.33. The molecule has 3 aromatic rings. The van der Waals surface area contributed by atoms with Gasteiger partial charge in [0.05, 0.1) is 18.1 Å². The quantitative estimate of drug-likeness (QED) is 0.315. The zero-order valence-electron chi connectivity index (χ0n) is 22.4. The van der Waals surface area contributed by atoms with Crippen LogP contribution in [0.4, 0.5) is 0 Å². The van der Waals surface area contributed by atoms with Gasteiger partial charge in [0.15, 0.2) is 11.5 Å². The lowest BCUT2D eigenvalue weighted by molar-refractivity contribution is 0.0833. The van der Waals surface area contributed by atoms with Crippen LogP contribution in [0, 0.1) is 0 Å². The second-order valence-corrected chi connectivity index (χ2v) is 13.6. The minimum atomic E-state index is -4.08. The van der Waals surface area contributed by atoms with Crippen molar-refractivity contribution in [1.82, 2.24) is 0 Å². The second kappa shape index (κ2) is 9.91. The number of hydrogen-bond acceptors (Lipinski definition) is 10. The normalized spacial score (nSPS) is 14.8. The van der Waals surface area contributed by atoms with E-state index in [9.17, 15) is 26.7 Å². The van der Waals surface area contributed by atoms with Crippen LogP contribution in [-0.2, 0) is 33.1 Å². The van der Waals surface area contributed by atoms with Crippen molar-refractivity contribution in [2.24, 2.45) is 0 Å². The monoisotopic (exact) mass is 578 g/mol. The van der Waals surface area contributed by atoms with Crippen LogP contribution in [0.5, 0.6) is 23.0 Å². The van der Waals surface area contributed by atoms with Crippen molar-refractivity contribution in [2.45, 2.75) is 52.6 Å². The number of phenols is 1. The van der Waals surface area contributed by atoms with Gasteiger partial charge in [0.1, 0.15) is 34.3 Å². The third-order valence-corrected chi connectivity index (χ3v) is 7.11. The van der Waals surface area contributed by atoms with Crippen LogP contribution in [0.25, 0.3) is 22.1 Å². The molecule has 0 saturated heterocycles. The molecule has 210 valence electrons. The van der Waals surface area contributed by atoms with E-state index < -0.39 is 37.0 Å². The van der Waals surface area contributed by atoms with Gasteiger partial charge in [-0.05, 0) is 64.7 Å². The van der Waals surface area contributed by atoms with Gasteiger partial charge < -0.3 is 22.6 Å². The Morgan fingerprint density at radius 2 is 1.72 bits per heavy atom. The molecule has 0 aliphatic carbocycles. The highest BCUT2D eigenvalue weighted by molar-refractivity contribution is 7.86. The number of benzene rings is 2. The number of rotatable bonds is 7. The molecule has 0 radical (unpaired) electrons. The maximum atomic E-state index is 13.8. The number of allylic oxidation sites excluding steroid dienone is 2. The zero-order valence-corrected chi connectivity index (χ0v) is 24.1. The zero-order chi connectivity index (χ0) is 28.9. The van der Waals surface area contributed by atoms with Crippen molar-refractivity contribution in [1.29, 1.82) is 0 Å². The predicted octanol–water partition coefficient (Wildman–Crippen LogP) is 4.45. The van der Waals surface area contributed by atoms with E-state index in [1.54, 1.807) is 0 Å². The largest absolute Gasteiger partial charge is 0.507 e. The predicted molar refractivity (Wildman–Crippen MR) is 147 cm³/mol. The van der Waals surface area contributed by atoms with Gasteiger partial charge in [-0.2, -0.15) is 16.8 Å². The molecule has 39 heavy (non-hydrogen) atoms. The SMILES string of the molecule is CC(C)=CCc1c2c(c3occ(-c4ccc(OS(C)(=O)=O)c(OS(C)(=O)=O)c4)c(=O)c3c1O)CCC(C)(C)O2. The molecule has 0 unspecified atom stereocenters. The maximum Gasteiger partial charge on any atom is 0.306 e. The molecule has 0 fully saturated rings. The smallest absolute Gasteiger partial charge is 0.306 e. The Labute approximate surface area is 227 Å². The van der Waals surface area contributed by atoms with Gasteiger partial charge in [-0.25, -0.2) is 0 Å². The summed E-state index contributed by atoms with van der Waals surface area (Å²) in [5.74, 6) is -0.582. The average molecular weight is 579 g/mol. The van der Waals surface area contributed by atoms with Crippen molar-refractivity contribution in [3.05, 3.63) is 57.5 Å². The summed E-state index contributed by atoms with van der Waals surface area (Å²) >= 11 is 0. The van der Waals surface area contributed by atoms with Gasteiger partial charge in [-0.1, -0.05) is 17.7 Å². The molecule has 10 nitrogen and oxygen atoms in total. The lowest BCUT2D eigenvalue weighted by atomic mass is 9.89. The van der Waals surface area contributed by atoms with Crippen LogP contribution >= 0.6 is 0 Å². The molecule has 1 N–H and O–H groups in total. The van der Waals surface area contributed by atoms with E-state index in [1.807, 2.05) is 33.8 Å². The number of ether oxygens (including phenoxy) is 1. The molecule has 2 aromatic carbocycles. The maximum absolute atomic E-state index is 13.8. The first-order valence-corrected chi connectivity index (χ1v) is 15.7. The van der Waals surface area contributed by atoms with Gasteiger partial charge in [-0.15, -0.1) is 0 Å². The van der Waals surface area contributed by atoms with E-state index in [4.69, 9.17) is 17.5 Å². The standard InChI is InChI=1S/C27H30O10S2/c1-15(2)7-9-17-23(28)22-24(29)19(14-34-26(22)18-11-12-27(3,4)35-25(17)18)16-8-10-20(36-38(5,30)31)21(13-16)37-39(6,32)33/h7-8,10,13-14,28H,9,11-12H2,1-6H3. The molecule has 0 spiro atoms. The molecule has 4 rings (SSSR count). The van der Waals surface area contributed by atoms with Gasteiger partial charge in [-0.3, -0.25) is 4.79 Å². The van der Waals surface area contributed by atoms with E-state index in [2.05, 4.69) is 0 Å². The first-order valence-electron chi connectivity index (χ1n) is 12.0. The Kier molecular flexibility index (Phi) is 7.24. The van der Waals surface area contributed by atoms with Crippen LogP contribution in [-0.4, -0.2) is 40.1 Å². The molecule has 1 aliphatic heterocycles. The van der Waals surface area contributed by atoms with Gasteiger partial charge in [0, 0.05) is 11.1 Å².